The Morgan fingerprint density at radius 2 is 1.64 bits per heavy atom. The van der Waals surface area contributed by atoms with Gasteiger partial charge in [-0.05, 0) is 47.7 Å². The zero-order valence-electron chi connectivity index (χ0n) is 26.4. The second-order valence-electron chi connectivity index (χ2n) is 11.5. The number of carbonyl (C=O) groups is 2. The highest BCUT2D eigenvalue weighted by molar-refractivity contribution is 7.92. The lowest BCUT2D eigenvalue weighted by molar-refractivity contribution is -0.141. The summed E-state index contributed by atoms with van der Waals surface area (Å²) in [6.07, 6.45) is 1.73. The SMILES string of the molecule is COc1cccc(CN(C(=O)CCCN(c2ccc3c(c2)OCCO3)S(C)(=O)=O)[C@H](Cc2ccccc2)C(=O)NCC(C)C)c1. The van der Waals surface area contributed by atoms with Gasteiger partial charge in [0.2, 0.25) is 21.8 Å². The molecule has 10 nitrogen and oxygen atoms in total. The van der Waals surface area contributed by atoms with Crippen LogP contribution in [0.25, 0.3) is 0 Å². The first-order valence-corrected chi connectivity index (χ1v) is 17.0. The molecule has 0 saturated heterocycles. The molecule has 0 bridgehead atoms. The number of anilines is 1. The zero-order chi connectivity index (χ0) is 32.4. The molecule has 11 heteroatoms. The molecule has 1 atom stereocenters. The van der Waals surface area contributed by atoms with Crippen LogP contribution in [0.15, 0.2) is 72.8 Å². The number of fused-ring (bicyclic) bond motifs is 1. The highest BCUT2D eigenvalue weighted by Gasteiger charge is 2.31. The molecule has 45 heavy (non-hydrogen) atoms. The quantitative estimate of drug-likeness (QED) is 0.262. The molecule has 4 rings (SSSR count). The van der Waals surface area contributed by atoms with E-state index >= 15 is 0 Å². The Labute approximate surface area is 266 Å². The first-order chi connectivity index (χ1) is 21.5. The number of methoxy groups -OCH3 is 1. The number of benzene rings is 3. The van der Waals surface area contributed by atoms with E-state index in [1.54, 1.807) is 30.2 Å². The minimum atomic E-state index is -3.67. The first-order valence-electron chi connectivity index (χ1n) is 15.2. The van der Waals surface area contributed by atoms with Gasteiger partial charge in [0.1, 0.15) is 25.0 Å². The smallest absolute Gasteiger partial charge is 0.243 e. The fourth-order valence-corrected chi connectivity index (χ4v) is 6.09. The van der Waals surface area contributed by atoms with Gasteiger partial charge in [-0.15, -0.1) is 0 Å². The van der Waals surface area contributed by atoms with Gasteiger partial charge in [0, 0.05) is 38.5 Å². The molecule has 0 aromatic heterocycles. The van der Waals surface area contributed by atoms with Crippen LogP contribution >= 0.6 is 0 Å². The number of ether oxygens (including phenoxy) is 3. The van der Waals surface area contributed by atoms with E-state index in [4.69, 9.17) is 14.2 Å². The van der Waals surface area contributed by atoms with Crippen LogP contribution in [0.5, 0.6) is 17.2 Å². The maximum absolute atomic E-state index is 14.0. The number of hydrogen-bond acceptors (Lipinski definition) is 7. The molecule has 1 aliphatic rings. The Morgan fingerprint density at radius 1 is 0.933 bits per heavy atom. The van der Waals surface area contributed by atoms with Crippen LogP contribution in [0.2, 0.25) is 0 Å². The summed E-state index contributed by atoms with van der Waals surface area (Å²) >= 11 is 0. The largest absolute Gasteiger partial charge is 0.497 e. The van der Waals surface area contributed by atoms with E-state index in [0.717, 1.165) is 17.4 Å². The molecule has 0 fully saturated rings. The zero-order valence-corrected chi connectivity index (χ0v) is 27.2. The summed E-state index contributed by atoms with van der Waals surface area (Å²) in [5.74, 6) is 1.42. The van der Waals surface area contributed by atoms with Gasteiger partial charge in [0.05, 0.1) is 19.1 Å². The second kappa shape index (κ2) is 15.7. The van der Waals surface area contributed by atoms with Crippen molar-refractivity contribution in [2.24, 2.45) is 5.92 Å². The van der Waals surface area contributed by atoms with Crippen molar-refractivity contribution in [3.63, 3.8) is 0 Å². The molecular formula is C34H43N3O7S. The number of rotatable bonds is 15. The normalized spacial score (nSPS) is 13.2. The maximum Gasteiger partial charge on any atom is 0.243 e. The van der Waals surface area contributed by atoms with Crippen molar-refractivity contribution in [3.05, 3.63) is 83.9 Å². The van der Waals surface area contributed by atoms with Crippen molar-refractivity contribution in [1.29, 1.82) is 0 Å². The number of nitrogens with one attached hydrogen (secondary N) is 1. The third-order valence-electron chi connectivity index (χ3n) is 7.41. The third-order valence-corrected chi connectivity index (χ3v) is 8.60. The first kappa shape index (κ1) is 33.6. The summed E-state index contributed by atoms with van der Waals surface area (Å²) in [5, 5.41) is 3.02. The Hall–Kier alpha value is -4.25. The summed E-state index contributed by atoms with van der Waals surface area (Å²) in [6.45, 7) is 5.56. The van der Waals surface area contributed by atoms with Gasteiger partial charge in [-0.3, -0.25) is 13.9 Å². The molecule has 0 aliphatic carbocycles. The molecule has 2 amide bonds. The van der Waals surface area contributed by atoms with Gasteiger partial charge in [-0.2, -0.15) is 0 Å². The molecule has 0 spiro atoms. The Balaban J connectivity index is 1.58. The van der Waals surface area contributed by atoms with Crippen LogP contribution in [0, 0.1) is 5.92 Å². The van der Waals surface area contributed by atoms with Crippen molar-refractivity contribution >= 4 is 27.5 Å². The lowest BCUT2D eigenvalue weighted by atomic mass is 10.0. The summed E-state index contributed by atoms with van der Waals surface area (Å²) < 4.78 is 43.6. The Kier molecular flexibility index (Phi) is 11.7. The monoisotopic (exact) mass is 637 g/mol. The van der Waals surface area contributed by atoms with E-state index in [2.05, 4.69) is 5.32 Å². The predicted octanol–water partition coefficient (Wildman–Crippen LogP) is 4.42. The van der Waals surface area contributed by atoms with E-state index in [1.807, 2.05) is 68.4 Å². The summed E-state index contributed by atoms with van der Waals surface area (Å²) in [6, 6.07) is 21.2. The fourth-order valence-electron chi connectivity index (χ4n) is 5.14. The summed E-state index contributed by atoms with van der Waals surface area (Å²) in [4.78, 5) is 29.3. The molecular weight excluding hydrogens is 594 g/mol. The van der Waals surface area contributed by atoms with Crippen LogP contribution in [-0.4, -0.2) is 70.8 Å². The molecule has 1 aliphatic heterocycles. The molecule has 1 heterocycles. The number of carbonyl (C=O) groups excluding carboxylic acids is 2. The number of hydrogen-bond donors (Lipinski definition) is 1. The van der Waals surface area contributed by atoms with Gasteiger partial charge in [0.25, 0.3) is 0 Å². The van der Waals surface area contributed by atoms with Crippen LogP contribution < -0.4 is 23.8 Å². The van der Waals surface area contributed by atoms with E-state index in [0.29, 0.717) is 49.1 Å². The standard InChI is InChI=1S/C34H43N3O7S/c1-25(2)23-35-34(39)30(21-26-10-6-5-7-11-26)36(24-27-12-8-13-29(20-27)42-3)33(38)14-9-17-37(45(4,40)41)28-15-16-31-32(22-28)44-19-18-43-31/h5-8,10-13,15-16,20,22,25,30H,9,14,17-19,21,23-24H2,1-4H3,(H,35,39)/t30-/m1/s1. The van der Waals surface area contributed by atoms with E-state index in [1.165, 1.54) is 4.31 Å². The van der Waals surface area contributed by atoms with Crippen LogP contribution in [-0.2, 0) is 32.6 Å². The minimum absolute atomic E-state index is 0.0310. The Bertz CT molecular complexity index is 1550. The van der Waals surface area contributed by atoms with Crippen molar-refractivity contribution < 1.29 is 32.2 Å². The third kappa shape index (κ3) is 9.62. The highest BCUT2D eigenvalue weighted by atomic mass is 32.2. The molecule has 0 radical (unpaired) electrons. The van der Waals surface area contributed by atoms with Gasteiger partial charge < -0.3 is 24.4 Å². The van der Waals surface area contributed by atoms with E-state index in [-0.39, 0.29) is 43.7 Å². The summed E-state index contributed by atoms with van der Waals surface area (Å²) in [5.41, 5.74) is 2.16. The van der Waals surface area contributed by atoms with Crippen molar-refractivity contribution in [3.8, 4) is 17.2 Å². The van der Waals surface area contributed by atoms with E-state index in [9.17, 15) is 18.0 Å². The number of nitrogens with zero attached hydrogens (tertiary/aromatic N) is 2. The number of amides is 2. The second-order valence-corrected chi connectivity index (χ2v) is 13.4. The van der Waals surface area contributed by atoms with Crippen molar-refractivity contribution in [2.75, 3.05) is 44.0 Å². The van der Waals surface area contributed by atoms with Crippen LogP contribution in [0.1, 0.15) is 37.8 Å². The van der Waals surface area contributed by atoms with E-state index < -0.39 is 16.1 Å². The molecule has 3 aromatic rings. The summed E-state index contributed by atoms with van der Waals surface area (Å²) in [7, 11) is -2.09. The molecule has 242 valence electrons. The molecule has 3 aromatic carbocycles. The van der Waals surface area contributed by atoms with Crippen molar-refractivity contribution in [2.45, 2.75) is 45.7 Å². The molecule has 0 unspecified atom stereocenters. The molecule has 0 saturated carbocycles. The molecule has 1 N–H and O–H groups in total. The Morgan fingerprint density at radius 3 is 2.33 bits per heavy atom. The number of sulfonamides is 1. The average Bonchev–Trinajstić information content (AvgIpc) is 3.03. The van der Waals surface area contributed by atoms with Crippen LogP contribution in [0.3, 0.4) is 0 Å². The maximum atomic E-state index is 14.0. The van der Waals surface area contributed by atoms with Gasteiger partial charge >= 0.3 is 0 Å². The minimum Gasteiger partial charge on any atom is -0.497 e. The van der Waals surface area contributed by atoms with Crippen LogP contribution in [0.4, 0.5) is 5.69 Å². The van der Waals surface area contributed by atoms with Gasteiger partial charge in [0.15, 0.2) is 11.5 Å². The lowest BCUT2D eigenvalue weighted by Crippen LogP contribution is -2.51. The lowest BCUT2D eigenvalue weighted by Gasteiger charge is -2.32. The highest BCUT2D eigenvalue weighted by Crippen LogP contribution is 2.35. The van der Waals surface area contributed by atoms with Gasteiger partial charge in [-0.25, -0.2) is 8.42 Å². The predicted molar refractivity (Wildman–Crippen MR) is 174 cm³/mol. The van der Waals surface area contributed by atoms with Crippen molar-refractivity contribution in [1.82, 2.24) is 10.2 Å². The fraction of sp³-hybridized carbons (Fsp3) is 0.412. The topological polar surface area (TPSA) is 114 Å². The van der Waals surface area contributed by atoms with Gasteiger partial charge in [-0.1, -0.05) is 56.3 Å². The average molecular weight is 638 g/mol.